The maximum atomic E-state index is 9.54. The average Bonchev–Trinajstić information content (AvgIpc) is 3.12. The zero-order valence-corrected chi connectivity index (χ0v) is 16.7. The van der Waals surface area contributed by atoms with E-state index in [0.717, 1.165) is 41.0 Å². The van der Waals surface area contributed by atoms with Crippen LogP contribution in [0.1, 0.15) is 17.7 Å². The van der Waals surface area contributed by atoms with Gasteiger partial charge in [0, 0.05) is 23.8 Å². The van der Waals surface area contributed by atoms with Crippen LogP contribution in [0.15, 0.2) is 60.8 Å². The lowest BCUT2D eigenvalue weighted by Crippen LogP contribution is -2.05. The van der Waals surface area contributed by atoms with Crippen molar-refractivity contribution in [1.82, 2.24) is 14.8 Å². The lowest BCUT2D eigenvalue weighted by molar-refractivity contribution is 0.419. The summed E-state index contributed by atoms with van der Waals surface area (Å²) in [6.07, 6.45) is 3.21. The number of hydrogen-bond acceptors (Lipinski definition) is 6. The molecule has 0 bridgehead atoms. The van der Waals surface area contributed by atoms with Gasteiger partial charge in [0.25, 0.3) is 0 Å². The monoisotopic (exact) mass is 398 g/mol. The number of aromatic nitrogens is 3. The van der Waals surface area contributed by atoms with Crippen molar-refractivity contribution in [3.63, 3.8) is 0 Å². The van der Waals surface area contributed by atoms with Gasteiger partial charge in [-0.15, -0.1) is 0 Å². The van der Waals surface area contributed by atoms with Gasteiger partial charge in [-0.05, 0) is 37.1 Å². The van der Waals surface area contributed by atoms with Gasteiger partial charge >= 0.3 is 0 Å². The maximum Gasteiger partial charge on any atom is 0.145 e. The van der Waals surface area contributed by atoms with Crippen molar-refractivity contribution in [3.05, 3.63) is 72.1 Å². The van der Waals surface area contributed by atoms with E-state index < -0.39 is 0 Å². The fourth-order valence-corrected chi connectivity index (χ4v) is 3.49. The van der Waals surface area contributed by atoms with Crippen molar-refractivity contribution in [2.24, 2.45) is 0 Å². The van der Waals surface area contributed by atoms with E-state index in [1.165, 1.54) is 0 Å². The molecule has 30 heavy (non-hydrogen) atoms. The number of nitrogens with two attached hydrogens (primary N) is 1. The van der Waals surface area contributed by atoms with Crippen molar-refractivity contribution < 1.29 is 4.74 Å². The highest BCUT2D eigenvalue weighted by Crippen LogP contribution is 2.28. The van der Waals surface area contributed by atoms with Crippen LogP contribution in [0.25, 0.3) is 16.6 Å². The Balaban J connectivity index is 1.47. The van der Waals surface area contributed by atoms with E-state index >= 15 is 0 Å². The van der Waals surface area contributed by atoms with Crippen molar-refractivity contribution in [2.75, 3.05) is 24.7 Å². The van der Waals surface area contributed by atoms with Crippen LogP contribution in [-0.2, 0) is 6.42 Å². The van der Waals surface area contributed by atoms with Gasteiger partial charge in [0.15, 0.2) is 0 Å². The standard InChI is InChI=1S/C23H22N6O/c1-30-21-11-5-9-17-19(12-14-27-22(17)21)26-13-6-10-20-18(15-24)23(25)29(28-20)16-7-3-2-4-8-16/h2-5,7-9,11-12,14H,6,10,13,25H2,1H3,(H,26,27). The number of benzene rings is 2. The van der Waals surface area contributed by atoms with Gasteiger partial charge in [0.2, 0.25) is 0 Å². The molecule has 0 unspecified atom stereocenters. The fourth-order valence-electron chi connectivity index (χ4n) is 3.49. The summed E-state index contributed by atoms with van der Waals surface area (Å²) in [5, 5.41) is 18.6. The molecule has 0 saturated heterocycles. The summed E-state index contributed by atoms with van der Waals surface area (Å²) in [5.74, 6) is 1.12. The molecule has 2 aromatic heterocycles. The summed E-state index contributed by atoms with van der Waals surface area (Å²) >= 11 is 0. The van der Waals surface area contributed by atoms with Crippen LogP contribution in [0.2, 0.25) is 0 Å². The van der Waals surface area contributed by atoms with Gasteiger partial charge in [0.05, 0.1) is 18.5 Å². The lowest BCUT2D eigenvalue weighted by atomic mass is 10.1. The minimum atomic E-state index is 0.374. The Kier molecular flexibility index (Phi) is 5.48. The lowest BCUT2D eigenvalue weighted by Gasteiger charge is -2.11. The third kappa shape index (κ3) is 3.63. The van der Waals surface area contributed by atoms with Crippen molar-refractivity contribution in [1.29, 1.82) is 5.26 Å². The fraction of sp³-hybridized carbons (Fsp3) is 0.174. The van der Waals surface area contributed by atoms with E-state index in [4.69, 9.17) is 10.5 Å². The molecular formula is C23H22N6O. The Hall–Kier alpha value is -4.05. The molecule has 0 radical (unpaired) electrons. The van der Waals surface area contributed by atoms with E-state index in [1.807, 2.05) is 54.6 Å². The molecule has 0 aliphatic carbocycles. The topological polar surface area (TPSA) is 102 Å². The average molecular weight is 398 g/mol. The zero-order valence-electron chi connectivity index (χ0n) is 16.7. The second-order valence-electron chi connectivity index (χ2n) is 6.81. The smallest absolute Gasteiger partial charge is 0.145 e. The van der Waals surface area contributed by atoms with Gasteiger partial charge < -0.3 is 15.8 Å². The van der Waals surface area contributed by atoms with E-state index in [9.17, 15) is 5.26 Å². The molecule has 4 aromatic rings. The molecule has 0 saturated carbocycles. The Morgan fingerprint density at radius 2 is 1.97 bits per heavy atom. The molecule has 0 aliphatic rings. The first-order valence-corrected chi connectivity index (χ1v) is 9.71. The number of rotatable bonds is 7. The molecule has 3 N–H and O–H groups in total. The molecule has 150 valence electrons. The molecule has 0 amide bonds. The van der Waals surface area contributed by atoms with Gasteiger partial charge in [-0.25, -0.2) is 4.68 Å². The third-order valence-corrected chi connectivity index (χ3v) is 4.97. The molecule has 7 nitrogen and oxygen atoms in total. The van der Waals surface area contributed by atoms with Crippen LogP contribution in [-0.4, -0.2) is 28.4 Å². The Morgan fingerprint density at radius 1 is 1.13 bits per heavy atom. The first kappa shape index (κ1) is 19.3. The number of ether oxygens (including phenoxy) is 1. The van der Waals surface area contributed by atoms with Gasteiger partial charge in [-0.3, -0.25) is 4.98 Å². The van der Waals surface area contributed by atoms with E-state index in [2.05, 4.69) is 21.5 Å². The highest BCUT2D eigenvalue weighted by Gasteiger charge is 2.16. The largest absolute Gasteiger partial charge is 0.494 e. The molecule has 7 heteroatoms. The SMILES string of the molecule is COc1cccc2c(NCCCc3nn(-c4ccccc4)c(N)c3C#N)ccnc12. The summed E-state index contributed by atoms with van der Waals surface area (Å²) in [4.78, 5) is 4.42. The van der Waals surface area contributed by atoms with Crippen LogP contribution in [0.4, 0.5) is 11.5 Å². The second kappa shape index (κ2) is 8.53. The minimum absolute atomic E-state index is 0.374. The Bertz CT molecular complexity index is 1210. The predicted molar refractivity (Wildman–Crippen MR) is 118 cm³/mol. The summed E-state index contributed by atoms with van der Waals surface area (Å²) < 4.78 is 7.03. The Labute approximate surface area is 174 Å². The van der Waals surface area contributed by atoms with Gasteiger partial charge in [0.1, 0.15) is 28.7 Å². The number of nitrogens with zero attached hydrogens (tertiary/aromatic N) is 4. The van der Waals surface area contributed by atoms with E-state index in [1.54, 1.807) is 18.0 Å². The molecule has 0 aliphatic heterocycles. The molecule has 0 atom stereocenters. The number of nitrogens with one attached hydrogen (secondary N) is 1. The molecule has 0 fully saturated rings. The van der Waals surface area contributed by atoms with Crippen molar-refractivity contribution in [3.8, 4) is 17.5 Å². The van der Waals surface area contributed by atoms with E-state index in [-0.39, 0.29) is 0 Å². The summed E-state index contributed by atoms with van der Waals surface area (Å²) in [7, 11) is 1.64. The number of pyridine rings is 1. The zero-order chi connectivity index (χ0) is 20.9. The molecular weight excluding hydrogens is 376 g/mol. The van der Waals surface area contributed by atoms with Crippen LogP contribution in [0.5, 0.6) is 5.75 Å². The summed E-state index contributed by atoms with van der Waals surface area (Å²) in [6, 6.07) is 19.6. The van der Waals surface area contributed by atoms with Crippen molar-refractivity contribution in [2.45, 2.75) is 12.8 Å². The Morgan fingerprint density at radius 3 is 2.73 bits per heavy atom. The number of hydrogen-bond donors (Lipinski definition) is 2. The highest BCUT2D eigenvalue weighted by molar-refractivity contribution is 5.94. The maximum absolute atomic E-state index is 9.54. The number of methoxy groups -OCH3 is 1. The first-order valence-electron chi connectivity index (χ1n) is 9.71. The van der Waals surface area contributed by atoms with Crippen LogP contribution < -0.4 is 15.8 Å². The van der Waals surface area contributed by atoms with E-state index in [0.29, 0.717) is 23.5 Å². The van der Waals surface area contributed by atoms with Gasteiger partial charge in [-0.2, -0.15) is 10.4 Å². The predicted octanol–water partition coefficient (Wildman–Crippen LogP) is 3.93. The minimum Gasteiger partial charge on any atom is -0.494 e. The number of fused-ring (bicyclic) bond motifs is 1. The second-order valence-corrected chi connectivity index (χ2v) is 6.81. The number of para-hydroxylation sites is 2. The summed E-state index contributed by atoms with van der Waals surface area (Å²) in [6.45, 7) is 0.722. The number of anilines is 2. The first-order chi connectivity index (χ1) is 14.7. The molecule has 4 rings (SSSR count). The highest BCUT2D eigenvalue weighted by atomic mass is 16.5. The van der Waals surface area contributed by atoms with Crippen LogP contribution in [0.3, 0.4) is 0 Å². The van der Waals surface area contributed by atoms with Crippen molar-refractivity contribution >= 4 is 22.4 Å². The quantitative estimate of drug-likeness (QED) is 0.457. The number of nitriles is 1. The number of nitrogen functional groups attached to an aromatic ring is 1. The molecule has 2 heterocycles. The summed E-state index contributed by atoms with van der Waals surface area (Å²) in [5.41, 5.74) is 9.99. The third-order valence-electron chi connectivity index (χ3n) is 4.97. The normalized spacial score (nSPS) is 10.7. The molecule has 0 spiro atoms. The number of aryl methyl sites for hydroxylation is 1. The molecule has 2 aromatic carbocycles. The van der Waals surface area contributed by atoms with Crippen LogP contribution >= 0.6 is 0 Å². The van der Waals surface area contributed by atoms with Crippen LogP contribution in [0, 0.1) is 11.3 Å². The van der Waals surface area contributed by atoms with Gasteiger partial charge in [-0.1, -0.05) is 30.3 Å².